The van der Waals surface area contributed by atoms with Gasteiger partial charge < -0.3 is 21.5 Å². The van der Waals surface area contributed by atoms with Gasteiger partial charge in [0.05, 0.1) is 6.04 Å². The molecule has 1 fully saturated rings. The molecule has 0 spiro atoms. The number of hydrogen-bond acceptors (Lipinski definition) is 4. The first-order chi connectivity index (χ1) is 8.45. The molecule has 1 saturated heterocycles. The number of aliphatic carboxylic acids is 1. The normalized spacial score (nSPS) is 27.3. The number of carboxylic acid groups (broad SMARTS) is 1. The molecule has 1 aliphatic heterocycles. The van der Waals surface area contributed by atoms with E-state index < -0.39 is 18.1 Å². The highest BCUT2D eigenvalue weighted by atomic mass is 16.4. The summed E-state index contributed by atoms with van der Waals surface area (Å²) in [7, 11) is 0. The van der Waals surface area contributed by atoms with Crippen molar-refractivity contribution >= 4 is 11.9 Å². The molecule has 4 atom stereocenters. The molecule has 6 nitrogen and oxygen atoms in total. The van der Waals surface area contributed by atoms with Gasteiger partial charge in [0, 0.05) is 6.04 Å². The van der Waals surface area contributed by atoms with Gasteiger partial charge in [-0.1, -0.05) is 20.3 Å². The molecule has 104 valence electrons. The number of rotatable bonds is 5. The van der Waals surface area contributed by atoms with Crippen LogP contribution >= 0.6 is 0 Å². The molecular formula is C12H23N3O3. The van der Waals surface area contributed by atoms with Crippen LogP contribution in [0.5, 0.6) is 0 Å². The van der Waals surface area contributed by atoms with E-state index in [0.29, 0.717) is 13.0 Å². The molecule has 1 amide bonds. The first kappa shape index (κ1) is 14.9. The number of nitrogens with two attached hydrogens (primary N) is 1. The average molecular weight is 257 g/mol. The fourth-order valence-corrected chi connectivity index (χ4v) is 2.05. The standard InChI is InChI=1S/C12H23N3O3/c1-3-7(2)10(13)11(16)15-8-4-5-14-9(6-8)12(17)18/h7-10,14H,3-6,13H2,1-2H3,(H,15,16)(H,17,18)/t7-,8-,9+,10-/m0/s1. The lowest BCUT2D eigenvalue weighted by molar-refractivity contribution is -0.140. The minimum absolute atomic E-state index is 0.102. The van der Waals surface area contributed by atoms with Gasteiger partial charge in [-0.25, -0.2) is 0 Å². The van der Waals surface area contributed by atoms with Gasteiger partial charge in [-0.15, -0.1) is 0 Å². The van der Waals surface area contributed by atoms with Crippen LogP contribution in [0.15, 0.2) is 0 Å². The predicted molar refractivity (Wildman–Crippen MR) is 68.0 cm³/mol. The third-order valence-electron chi connectivity index (χ3n) is 3.61. The Morgan fingerprint density at radius 1 is 1.56 bits per heavy atom. The van der Waals surface area contributed by atoms with Crippen LogP contribution in [0.3, 0.4) is 0 Å². The third kappa shape index (κ3) is 3.96. The molecule has 5 N–H and O–H groups in total. The Labute approximate surface area is 107 Å². The third-order valence-corrected chi connectivity index (χ3v) is 3.61. The smallest absolute Gasteiger partial charge is 0.320 e. The van der Waals surface area contributed by atoms with Gasteiger partial charge in [0.1, 0.15) is 6.04 Å². The monoisotopic (exact) mass is 257 g/mol. The van der Waals surface area contributed by atoms with E-state index >= 15 is 0 Å². The first-order valence-corrected chi connectivity index (χ1v) is 6.47. The maximum Gasteiger partial charge on any atom is 0.320 e. The molecule has 0 radical (unpaired) electrons. The average Bonchev–Trinajstić information content (AvgIpc) is 2.37. The van der Waals surface area contributed by atoms with Crippen LogP contribution in [0, 0.1) is 5.92 Å². The molecule has 0 unspecified atom stereocenters. The second-order valence-corrected chi connectivity index (χ2v) is 4.99. The van der Waals surface area contributed by atoms with Crippen molar-refractivity contribution in [3.63, 3.8) is 0 Å². The minimum Gasteiger partial charge on any atom is -0.480 e. The zero-order valence-electron chi connectivity index (χ0n) is 11.0. The maximum atomic E-state index is 11.9. The molecule has 18 heavy (non-hydrogen) atoms. The molecule has 0 aromatic rings. The van der Waals surface area contributed by atoms with E-state index in [2.05, 4.69) is 10.6 Å². The van der Waals surface area contributed by atoms with Gasteiger partial charge >= 0.3 is 5.97 Å². The van der Waals surface area contributed by atoms with E-state index in [1.807, 2.05) is 13.8 Å². The van der Waals surface area contributed by atoms with E-state index in [9.17, 15) is 9.59 Å². The summed E-state index contributed by atoms with van der Waals surface area (Å²) in [6.07, 6.45) is 2.00. The molecular weight excluding hydrogens is 234 g/mol. The summed E-state index contributed by atoms with van der Waals surface area (Å²) in [6, 6.07) is -1.20. The fraction of sp³-hybridized carbons (Fsp3) is 0.833. The van der Waals surface area contributed by atoms with Crippen LogP contribution in [0.25, 0.3) is 0 Å². The number of carboxylic acids is 1. The Kier molecular flexibility index (Phi) is 5.55. The second kappa shape index (κ2) is 6.70. The van der Waals surface area contributed by atoms with Crippen molar-refractivity contribution in [3.05, 3.63) is 0 Å². The first-order valence-electron chi connectivity index (χ1n) is 6.47. The fourth-order valence-electron chi connectivity index (χ4n) is 2.05. The van der Waals surface area contributed by atoms with Gasteiger partial charge in [0.2, 0.25) is 5.91 Å². The van der Waals surface area contributed by atoms with Gasteiger partial charge in [-0.3, -0.25) is 9.59 Å². The molecule has 1 aliphatic rings. The molecule has 0 aromatic heterocycles. The summed E-state index contributed by atoms with van der Waals surface area (Å²) in [4.78, 5) is 22.8. The zero-order valence-corrected chi connectivity index (χ0v) is 11.0. The highest BCUT2D eigenvalue weighted by molar-refractivity contribution is 5.82. The van der Waals surface area contributed by atoms with Crippen LogP contribution < -0.4 is 16.4 Å². The topological polar surface area (TPSA) is 104 Å². The lowest BCUT2D eigenvalue weighted by Crippen LogP contribution is -2.54. The summed E-state index contributed by atoms with van der Waals surface area (Å²) >= 11 is 0. The quantitative estimate of drug-likeness (QED) is 0.540. The van der Waals surface area contributed by atoms with Crippen LogP contribution in [-0.4, -0.2) is 41.7 Å². The maximum absolute atomic E-state index is 11.9. The number of hydrogen-bond donors (Lipinski definition) is 4. The Bertz CT molecular complexity index is 309. The van der Waals surface area contributed by atoms with Crippen molar-refractivity contribution in [1.29, 1.82) is 0 Å². The molecule has 0 aromatic carbocycles. The van der Waals surface area contributed by atoms with Crippen molar-refractivity contribution in [2.75, 3.05) is 6.54 Å². The summed E-state index contributed by atoms with van der Waals surface area (Å²) in [5.74, 6) is -0.928. The highest BCUT2D eigenvalue weighted by Crippen LogP contribution is 2.11. The van der Waals surface area contributed by atoms with E-state index in [4.69, 9.17) is 10.8 Å². The number of piperidine rings is 1. The number of carbonyl (C=O) groups excluding carboxylic acids is 1. The van der Waals surface area contributed by atoms with Crippen LogP contribution in [0.1, 0.15) is 33.1 Å². The van der Waals surface area contributed by atoms with E-state index in [1.54, 1.807) is 0 Å². The van der Waals surface area contributed by atoms with Crippen molar-refractivity contribution < 1.29 is 14.7 Å². The number of amides is 1. The number of carbonyl (C=O) groups is 2. The Morgan fingerprint density at radius 2 is 2.22 bits per heavy atom. The SMILES string of the molecule is CC[C@H](C)[C@H](N)C(=O)N[C@H]1CCN[C@@H](C(=O)O)C1. The van der Waals surface area contributed by atoms with Gasteiger partial charge in [-0.05, 0) is 25.3 Å². The zero-order chi connectivity index (χ0) is 13.7. The summed E-state index contributed by atoms with van der Waals surface area (Å²) in [6.45, 7) is 4.52. The van der Waals surface area contributed by atoms with Crippen LogP contribution in [0.2, 0.25) is 0 Å². The lowest BCUT2D eigenvalue weighted by atomic mass is 9.96. The van der Waals surface area contributed by atoms with Gasteiger partial charge in [-0.2, -0.15) is 0 Å². The molecule has 1 heterocycles. The molecule has 0 aliphatic carbocycles. The highest BCUT2D eigenvalue weighted by Gasteiger charge is 2.29. The minimum atomic E-state index is -0.875. The Balaban J connectivity index is 2.46. The molecule has 0 bridgehead atoms. The van der Waals surface area contributed by atoms with E-state index in [1.165, 1.54) is 0 Å². The lowest BCUT2D eigenvalue weighted by Gasteiger charge is -2.30. The van der Waals surface area contributed by atoms with Gasteiger partial charge in [0.25, 0.3) is 0 Å². The van der Waals surface area contributed by atoms with Gasteiger partial charge in [0.15, 0.2) is 0 Å². The van der Waals surface area contributed by atoms with Crippen molar-refractivity contribution in [2.45, 2.75) is 51.2 Å². The van der Waals surface area contributed by atoms with Crippen molar-refractivity contribution in [2.24, 2.45) is 11.7 Å². The molecule has 6 heteroatoms. The second-order valence-electron chi connectivity index (χ2n) is 4.99. The summed E-state index contributed by atoms with van der Waals surface area (Å²) in [5.41, 5.74) is 5.84. The van der Waals surface area contributed by atoms with Crippen LogP contribution in [-0.2, 0) is 9.59 Å². The van der Waals surface area contributed by atoms with Crippen LogP contribution in [0.4, 0.5) is 0 Å². The largest absolute Gasteiger partial charge is 0.480 e. The van der Waals surface area contributed by atoms with E-state index in [-0.39, 0.29) is 17.9 Å². The number of nitrogens with one attached hydrogen (secondary N) is 2. The van der Waals surface area contributed by atoms with E-state index in [0.717, 1.165) is 12.8 Å². The Hall–Kier alpha value is -1.14. The summed E-state index contributed by atoms with van der Waals surface area (Å²) < 4.78 is 0. The molecule has 0 saturated carbocycles. The summed E-state index contributed by atoms with van der Waals surface area (Å²) in [5, 5.41) is 14.7. The van der Waals surface area contributed by atoms with Crippen molar-refractivity contribution in [3.8, 4) is 0 Å². The Morgan fingerprint density at radius 3 is 2.78 bits per heavy atom. The predicted octanol–water partition coefficient (Wildman–Crippen LogP) is -0.319. The van der Waals surface area contributed by atoms with Crippen molar-refractivity contribution in [1.82, 2.24) is 10.6 Å². The molecule has 1 rings (SSSR count).